The molecule has 2 unspecified atom stereocenters. The van der Waals surface area contributed by atoms with E-state index in [4.69, 9.17) is 24.6 Å². The van der Waals surface area contributed by atoms with E-state index in [-0.39, 0.29) is 35.9 Å². The highest BCUT2D eigenvalue weighted by Crippen LogP contribution is 2.61. The molecule has 1 aliphatic rings. The number of carbonyl (C=O) groups is 2. The van der Waals surface area contributed by atoms with Gasteiger partial charge in [0.05, 0.1) is 25.8 Å². The monoisotopic (exact) mass is 823 g/mol. The fourth-order valence-corrected chi connectivity index (χ4v) is 7.86. The molecular weight excluding hydrogens is 783 g/mol. The van der Waals surface area contributed by atoms with Gasteiger partial charge in [-0.1, -0.05) is 13.8 Å². The zero-order chi connectivity index (χ0) is 38.9. The van der Waals surface area contributed by atoms with Crippen molar-refractivity contribution in [3.05, 3.63) is 25.0 Å². The Hall–Kier alpha value is -2.57. The first-order chi connectivity index (χ1) is 24.2. The zero-order valence-corrected chi connectivity index (χ0v) is 31.0. The third-order valence-electron chi connectivity index (χ3n) is 6.97. The van der Waals surface area contributed by atoms with Crippen LogP contribution in [-0.4, -0.2) is 128 Å². The number of carbonyl (C=O) groups excluding carboxylic acids is 2. The molecule has 0 saturated carbocycles. The molecule has 0 aliphatic carbocycles. The third-order valence-corrected chi connectivity index (χ3v) is 11.0. The van der Waals surface area contributed by atoms with Crippen LogP contribution >= 0.6 is 35.2 Å². The van der Waals surface area contributed by atoms with Gasteiger partial charge in [-0.05, 0) is 6.08 Å². The van der Waals surface area contributed by atoms with E-state index < -0.39 is 78.6 Å². The minimum Gasteiger partial charge on any atom is -0.516 e. The number of fused-ring (bicyclic) bond motifs is 1. The van der Waals surface area contributed by atoms with E-state index in [1.54, 1.807) is 0 Å². The second-order valence-corrected chi connectivity index (χ2v) is 16.9. The molecule has 1 aliphatic heterocycles. The van der Waals surface area contributed by atoms with Crippen molar-refractivity contribution in [2.45, 2.75) is 50.9 Å². The van der Waals surface area contributed by atoms with E-state index in [1.165, 1.54) is 31.7 Å². The van der Waals surface area contributed by atoms with E-state index in [9.17, 15) is 53.1 Å². The number of aliphatic hydroxyl groups is 3. The Balaban J connectivity index is 1.53. The summed E-state index contributed by atoms with van der Waals surface area (Å²) in [6.07, 6.45) is -4.36. The third kappa shape index (κ3) is 13.1. The Kier molecular flexibility index (Phi) is 15.7. The van der Waals surface area contributed by atoms with E-state index >= 15 is 0 Å². The molecule has 7 atom stereocenters. The number of aliphatic hydroxyl groups excluding tert-OH is 3. The summed E-state index contributed by atoms with van der Waals surface area (Å²) in [5, 5.41) is 34.9. The van der Waals surface area contributed by atoms with Gasteiger partial charge in [0.1, 0.15) is 36.3 Å². The molecular formula is C24H40N7O17P3S. The highest BCUT2D eigenvalue weighted by molar-refractivity contribution is 7.99. The van der Waals surface area contributed by atoms with E-state index in [0.717, 1.165) is 23.5 Å². The van der Waals surface area contributed by atoms with Gasteiger partial charge in [-0.2, -0.15) is 16.1 Å². The highest BCUT2D eigenvalue weighted by atomic mass is 32.2. The number of nitrogens with one attached hydrogen (secondary N) is 2. The van der Waals surface area contributed by atoms with Gasteiger partial charge in [-0.25, -0.2) is 28.6 Å². The van der Waals surface area contributed by atoms with Crippen LogP contribution in [0.1, 0.15) is 26.5 Å². The quantitative estimate of drug-likeness (QED) is 0.0419. The number of imidazole rings is 1. The number of thioether (sulfide) groups is 1. The number of nitrogens with two attached hydrogens (primary N) is 1. The number of hydrogen-bond donors (Lipinski definition) is 10. The molecule has 0 bridgehead atoms. The fraction of sp³-hybridized carbons (Fsp3) is 0.625. The molecule has 24 nitrogen and oxygen atoms in total. The van der Waals surface area contributed by atoms with Crippen molar-refractivity contribution in [1.82, 2.24) is 30.2 Å². The molecule has 2 aromatic rings. The van der Waals surface area contributed by atoms with Crippen molar-refractivity contribution < 1.29 is 80.8 Å². The minimum absolute atomic E-state index is 0.0334. The molecule has 3 heterocycles. The predicted octanol–water partition coefficient (Wildman–Crippen LogP) is -0.790. The Morgan fingerprint density at radius 3 is 2.48 bits per heavy atom. The van der Waals surface area contributed by atoms with E-state index in [2.05, 4.69) is 34.4 Å². The molecule has 2 amide bonds. The van der Waals surface area contributed by atoms with Crippen molar-refractivity contribution in [3.63, 3.8) is 0 Å². The van der Waals surface area contributed by atoms with E-state index in [1.807, 2.05) is 0 Å². The lowest BCUT2D eigenvalue weighted by atomic mass is 9.87. The maximum atomic E-state index is 12.6. The molecule has 3 rings (SSSR count). The van der Waals surface area contributed by atoms with Gasteiger partial charge in [0.25, 0.3) is 0 Å². The number of nitrogen functional groups attached to an aromatic ring is 1. The number of aromatic nitrogens is 4. The maximum Gasteiger partial charge on any atom is 0.481 e. The predicted molar refractivity (Wildman–Crippen MR) is 179 cm³/mol. The van der Waals surface area contributed by atoms with Crippen LogP contribution in [0.25, 0.3) is 11.2 Å². The summed E-state index contributed by atoms with van der Waals surface area (Å²) in [5.74, 6) is -0.230. The summed E-state index contributed by atoms with van der Waals surface area (Å²) < 4.78 is 61.9. The van der Waals surface area contributed by atoms with Crippen molar-refractivity contribution >= 4 is 64.0 Å². The second-order valence-electron chi connectivity index (χ2n) is 11.5. The van der Waals surface area contributed by atoms with Gasteiger partial charge in [0.15, 0.2) is 17.7 Å². The van der Waals surface area contributed by atoms with Gasteiger partial charge in [-0.15, -0.1) is 0 Å². The number of anilines is 1. The molecule has 28 heteroatoms. The van der Waals surface area contributed by atoms with Gasteiger partial charge in [0, 0.05) is 36.4 Å². The highest BCUT2D eigenvalue weighted by Gasteiger charge is 2.50. The lowest BCUT2D eigenvalue weighted by Crippen LogP contribution is -2.46. The van der Waals surface area contributed by atoms with Crippen LogP contribution in [0.15, 0.2) is 25.0 Å². The number of phosphoric acid groups is 3. The first-order valence-corrected chi connectivity index (χ1v) is 20.6. The summed E-state index contributed by atoms with van der Waals surface area (Å²) in [5.41, 5.74) is 4.28. The summed E-state index contributed by atoms with van der Waals surface area (Å²) >= 11 is 1.46. The van der Waals surface area contributed by atoms with Crippen LogP contribution < -0.4 is 16.4 Å². The summed E-state index contributed by atoms with van der Waals surface area (Å²) in [4.78, 5) is 75.2. The van der Waals surface area contributed by atoms with Gasteiger partial charge >= 0.3 is 23.5 Å². The van der Waals surface area contributed by atoms with Crippen molar-refractivity contribution in [2.24, 2.45) is 5.41 Å². The lowest BCUT2D eigenvalue weighted by Gasteiger charge is -2.30. The molecule has 1 fully saturated rings. The zero-order valence-electron chi connectivity index (χ0n) is 27.5. The number of hydrogen-bond acceptors (Lipinski definition) is 18. The molecule has 0 radical (unpaired) electrons. The molecule has 52 heavy (non-hydrogen) atoms. The topological polar surface area (TPSA) is 367 Å². The van der Waals surface area contributed by atoms with Gasteiger partial charge in [0.2, 0.25) is 11.8 Å². The standard InChI is InChI=1S/C24H40N7O17P3S/c1-24(2,19(35)22(36)27-5-4-15(33)26-6-9-52-8-3-7-32)11-45-51(42,43)48-50(40,41)44-10-14-18(47-49(37,38)39)17(34)23(46-14)31-13-30-16-20(25)28-12-29-21(16)31/h3,7,12-14,17-19,23,32,34-35H,4-6,8-11H2,1-2H3,(H,26,33)(H,27,36)(H,40,41)(H,42,43)(H2,25,28,29)(H2,37,38,39)/t14-,17-,18-,19+,23-/m1/s1. The van der Waals surface area contributed by atoms with Crippen LogP contribution in [0.5, 0.6) is 0 Å². The fourth-order valence-electron chi connectivity index (χ4n) is 4.40. The van der Waals surface area contributed by atoms with Crippen molar-refractivity contribution in [3.8, 4) is 0 Å². The van der Waals surface area contributed by atoms with Crippen LogP contribution in [0.2, 0.25) is 0 Å². The molecule has 0 aromatic carbocycles. The average molecular weight is 824 g/mol. The Morgan fingerprint density at radius 1 is 1.12 bits per heavy atom. The lowest BCUT2D eigenvalue weighted by molar-refractivity contribution is -0.137. The SMILES string of the molecule is CC(C)(COP(=O)(O)OP(=O)(O)OC[C@H]1O[C@@H](n2cnc3c(N)ncnc32)[C@H](O)[C@@H]1OP(=O)(O)O)[C@@H](O)C(=O)NCCC(=O)NCCSCC=CO. The van der Waals surface area contributed by atoms with Crippen LogP contribution in [0.3, 0.4) is 0 Å². The Morgan fingerprint density at radius 2 is 1.81 bits per heavy atom. The van der Waals surface area contributed by atoms with Crippen LogP contribution in [0, 0.1) is 5.41 Å². The molecule has 2 aromatic heterocycles. The van der Waals surface area contributed by atoms with Crippen molar-refractivity contribution in [2.75, 3.05) is 43.5 Å². The maximum absolute atomic E-state index is 12.6. The number of nitrogens with zero attached hydrogens (tertiary/aromatic N) is 4. The summed E-state index contributed by atoms with van der Waals surface area (Å²) in [6.45, 7) is 0.706. The molecule has 1 saturated heterocycles. The second kappa shape index (κ2) is 18.7. The number of ether oxygens (including phenoxy) is 1. The first-order valence-electron chi connectivity index (χ1n) is 14.9. The summed E-state index contributed by atoms with van der Waals surface area (Å²) in [6, 6.07) is 0. The summed E-state index contributed by atoms with van der Waals surface area (Å²) in [7, 11) is -16.3. The number of rotatable bonds is 21. The Labute approximate surface area is 299 Å². The molecule has 0 spiro atoms. The molecule has 11 N–H and O–H groups in total. The first kappa shape index (κ1) is 43.8. The average Bonchev–Trinajstić information content (AvgIpc) is 3.60. The Bertz CT molecular complexity index is 1710. The largest absolute Gasteiger partial charge is 0.516 e. The van der Waals surface area contributed by atoms with Crippen molar-refractivity contribution in [1.29, 1.82) is 0 Å². The minimum atomic E-state index is -5.55. The van der Waals surface area contributed by atoms with Crippen LogP contribution in [0.4, 0.5) is 5.82 Å². The number of phosphoric ester groups is 3. The van der Waals surface area contributed by atoms with E-state index in [0.29, 0.717) is 18.1 Å². The number of amides is 2. The van der Waals surface area contributed by atoms with Gasteiger partial charge in [-0.3, -0.25) is 27.7 Å². The molecule has 294 valence electrons. The van der Waals surface area contributed by atoms with Crippen LogP contribution in [-0.2, 0) is 45.9 Å². The van der Waals surface area contributed by atoms with Gasteiger partial charge < -0.3 is 56.0 Å². The smallest absolute Gasteiger partial charge is 0.481 e. The normalized spacial score (nSPS) is 22.6.